The molecule has 0 spiro atoms. The van der Waals surface area contributed by atoms with Gasteiger partial charge in [-0.25, -0.2) is 9.97 Å². The van der Waals surface area contributed by atoms with Gasteiger partial charge in [-0.2, -0.15) is 10.5 Å². The minimum Gasteiger partial charge on any atom is -0.291 e. The summed E-state index contributed by atoms with van der Waals surface area (Å²) in [6.45, 7) is 0. The summed E-state index contributed by atoms with van der Waals surface area (Å²) >= 11 is 0. The summed E-state index contributed by atoms with van der Waals surface area (Å²) < 4.78 is 2.22. The molecule has 0 N–H and O–H groups in total. The van der Waals surface area contributed by atoms with Crippen LogP contribution in [0, 0.1) is 22.7 Å². The van der Waals surface area contributed by atoms with Gasteiger partial charge in [-0.1, -0.05) is 66.7 Å². The van der Waals surface area contributed by atoms with Crippen LogP contribution in [0.15, 0.2) is 134 Å². The van der Waals surface area contributed by atoms with Crippen LogP contribution in [0.4, 0.5) is 0 Å². The molecule has 4 heterocycles. The van der Waals surface area contributed by atoms with Crippen LogP contribution in [0.1, 0.15) is 11.1 Å². The Morgan fingerprint density at radius 1 is 0.511 bits per heavy atom. The summed E-state index contributed by atoms with van der Waals surface area (Å²) in [4.78, 5) is 14.8. The molecule has 8 aromatic rings. The second kappa shape index (κ2) is 10.6. The number of aromatic nitrogens is 4. The van der Waals surface area contributed by atoms with Crippen molar-refractivity contribution < 1.29 is 0 Å². The van der Waals surface area contributed by atoms with Crippen molar-refractivity contribution in [2.75, 3.05) is 0 Å². The van der Waals surface area contributed by atoms with Crippen LogP contribution in [0.25, 0.3) is 72.5 Å². The largest absolute Gasteiger partial charge is 0.291 e. The summed E-state index contributed by atoms with van der Waals surface area (Å²) in [5.41, 5.74) is 10.0. The lowest BCUT2D eigenvalue weighted by molar-refractivity contribution is 1.25. The zero-order valence-corrected chi connectivity index (χ0v) is 23.9. The van der Waals surface area contributed by atoms with Crippen molar-refractivity contribution in [3.05, 3.63) is 145 Å². The van der Waals surface area contributed by atoms with E-state index >= 15 is 0 Å². The number of fused-ring (bicyclic) bond motifs is 6. The molecule has 6 nitrogen and oxygen atoms in total. The highest BCUT2D eigenvalue weighted by molar-refractivity contribution is 6.14. The summed E-state index contributed by atoms with van der Waals surface area (Å²) in [6, 6.07) is 46.1. The third-order valence-electron chi connectivity index (χ3n) is 8.12. The first-order valence-corrected chi connectivity index (χ1v) is 14.5. The zero-order valence-electron chi connectivity index (χ0n) is 23.9. The summed E-state index contributed by atoms with van der Waals surface area (Å²) in [5, 5.41) is 22.1. The fraction of sp³-hybridized carbons (Fsp3) is 0. The first kappa shape index (κ1) is 26.0. The molecule has 0 fully saturated rings. The van der Waals surface area contributed by atoms with Crippen molar-refractivity contribution in [1.82, 2.24) is 19.4 Å². The highest BCUT2D eigenvalue weighted by Crippen LogP contribution is 2.40. The van der Waals surface area contributed by atoms with Gasteiger partial charge >= 0.3 is 0 Å². The van der Waals surface area contributed by atoms with E-state index in [9.17, 15) is 10.5 Å². The van der Waals surface area contributed by atoms with Crippen LogP contribution in [0.5, 0.6) is 0 Å². The molecule has 4 aromatic heterocycles. The summed E-state index contributed by atoms with van der Waals surface area (Å²) in [5.74, 6) is 0. The van der Waals surface area contributed by atoms with Gasteiger partial charge in [0.15, 0.2) is 0 Å². The Hall–Kier alpha value is -6.63. The Morgan fingerprint density at radius 2 is 1.18 bits per heavy atom. The monoisotopic (exact) mass is 574 g/mol. The number of para-hydroxylation sites is 1. The number of nitriles is 2. The topological polar surface area (TPSA) is 90.7 Å². The van der Waals surface area contributed by atoms with Crippen LogP contribution in [-0.4, -0.2) is 19.4 Å². The van der Waals surface area contributed by atoms with Gasteiger partial charge in [0.05, 0.1) is 57.3 Å². The molecule has 0 unspecified atom stereocenters. The number of benzene rings is 4. The molecule has 0 radical (unpaired) electrons. The molecule has 4 aromatic carbocycles. The minimum atomic E-state index is 0.586. The van der Waals surface area contributed by atoms with E-state index in [2.05, 4.69) is 57.9 Å². The highest BCUT2D eigenvalue weighted by atomic mass is 15.0. The standard InChI is InChI=1S/C39H22N6/c40-23-25-11-15-27(16-12-25)37-38(28-17-13-26(24-41)14-18-28)45-36-10-2-1-6-31(36)30-20-19-29(22-32(30)39(45)44-37)33-8-5-9-35(43-33)34-7-3-4-21-42-34/h1-22H. The molecule has 0 bridgehead atoms. The quantitative estimate of drug-likeness (QED) is 0.196. The molecule has 0 aliphatic heterocycles. The van der Waals surface area contributed by atoms with Gasteiger partial charge in [0.2, 0.25) is 0 Å². The van der Waals surface area contributed by atoms with Crippen LogP contribution in [0.3, 0.4) is 0 Å². The van der Waals surface area contributed by atoms with E-state index in [4.69, 9.17) is 9.97 Å². The maximum Gasteiger partial charge on any atom is 0.146 e. The predicted molar refractivity (Wildman–Crippen MR) is 177 cm³/mol. The Bertz CT molecular complexity index is 2480. The van der Waals surface area contributed by atoms with Gasteiger partial charge in [-0.15, -0.1) is 0 Å². The van der Waals surface area contributed by atoms with Gasteiger partial charge in [-0.3, -0.25) is 9.38 Å². The van der Waals surface area contributed by atoms with Gasteiger partial charge in [0.25, 0.3) is 0 Å². The highest BCUT2D eigenvalue weighted by Gasteiger charge is 2.21. The van der Waals surface area contributed by atoms with E-state index in [1.807, 2.05) is 91.0 Å². The number of imidazole rings is 1. The maximum atomic E-state index is 9.47. The van der Waals surface area contributed by atoms with Gasteiger partial charge < -0.3 is 0 Å². The fourth-order valence-electron chi connectivity index (χ4n) is 5.98. The number of nitrogens with zero attached hydrogens (tertiary/aromatic N) is 6. The van der Waals surface area contributed by atoms with E-state index in [0.717, 1.165) is 72.5 Å². The average Bonchev–Trinajstić information content (AvgIpc) is 3.53. The third-order valence-corrected chi connectivity index (χ3v) is 8.12. The number of pyridine rings is 3. The molecule has 0 saturated heterocycles. The van der Waals surface area contributed by atoms with Crippen molar-refractivity contribution in [2.24, 2.45) is 0 Å². The lowest BCUT2D eigenvalue weighted by Gasteiger charge is -2.13. The summed E-state index contributed by atoms with van der Waals surface area (Å²) in [6.07, 6.45) is 1.77. The third kappa shape index (κ3) is 4.38. The first-order valence-electron chi connectivity index (χ1n) is 14.5. The van der Waals surface area contributed by atoms with E-state index < -0.39 is 0 Å². The molecule has 0 amide bonds. The van der Waals surface area contributed by atoms with Crippen molar-refractivity contribution in [3.8, 4) is 57.3 Å². The number of rotatable bonds is 4. The second-order valence-electron chi connectivity index (χ2n) is 10.7. The summed E-state index contributed by atoms with van der Waals surface area (Å²) in [7, 11) is 0. The molecule has 6 heteroatoms. The van der Waals surface area contributed by atoms with Crippen molar-refractivity contribution in [2.45, 2.75) is 0 Å². The maximum absolute atomic E-state index is 9.47. The minimum absolute atomic E-state index is 0.586. The number of hydrogen-bond donors (Lipinski definition) is 0. The lowest BCUT2D eigenvalue weighted by Crippen LogP contribution is -1.95. The van der Waals surface area contributed by atoms with Crippen molar-refractivity contribution in [3.63, 3.8) is 0 Å². The van der Waals surface area contributed by atoms with Crippen LogP contribution in [-0.2, 0) is 0 Å². The SMILES string of the molecule is N#Cc1ccc(-c2nc3c4cc(-c5cccc(-c6ccccn6)n5)ccc4c4ccccc4n3c2-c2ccc(C#N)cc2)cc1. The molecule has 0 aliphatic rings. The van der Waals surface area contributed by atoms with Gasteiger partial charge in [0, 0.05) is 33.7 Å². The Kier molecular flexibility index (Phi) is 6.12. The Balaban J connectivity index is 1.44. The fourth-order valence-corrected chi connectivity index (χ4v) is 5.98. The van der Waals surface area contributed by atoms with E-state index in [1.165, 1.54) is 0 Å². The van der Waals surface area contributed by atoms with E-state index in [-0.39, 0.29) is 0 Å². The van der Waals surface area contributed by atoms with Gasteiger partial charge in [-0.05, 0) is 66.0 Å². The molecule has 0 atom stereocenters. The molecular formula is C39H22N6. The van der Waals surface area contributed by atoms with Crippen LogP contribution in [0.2, 0.25) is 0 Å². The predicted octanol–water partition coefficient (Wildman–Crippen LogP) is 8.84. The van der Waals surface area contributed by atoms with Gasteiger partial charge in [0.1, 0.15) is 5.65 Å². The van der Waals surface area contributed by atoms with Crippen molar-refractivity contribution >= 4 is 27.3 Å². The molecule has 0 saturated carbocycles. The smallest absolute Gasteiger partial charge is 0.146 e. The Morgan fingerprint density at radius 3 is 1.91 bits per heavy atom. The zero-order chi connectivity index (χ0) is 30.3. The second-order valence-corrected chi connectivity index (χ2v) is 10.7. The Labute approximate surface area is 258 Å². The molecule has 208 valence electrons. The molecule has 0 aliphatic carbocycles. The molecular weight excluding hydrogens is 552 g/mol. The normalized spacial score (nSPS) is 11.1. The molecule has 8 rings (SSSR count). The van der Waals surface area contributed by atoms with Crippen LogP contribution >= 0.6 is 0 Å². The number of hydrogen-bond acceptors (Lipinski definition) is 5. The first-order chi connectivity index (χ1) is 22.2. The molecule has 45 heavy (non-hydrogen) atoms. The average molecular weight is 575 g/mol. The van der Waals surface area contributed by atoms with E-state index in [1.54, 1.807) is 6.20 Å². The van der Waals surface area contributed by atoms with E-state index in [0.29, 0.717) is 11.1 Å². The van der Waals surface area contributed by atoms with Crippen LogP contribution < -0.4 is 0 Å². The lowest BCUT2D eigenvalue weighted by atomic mass is 10.0. The van der Waals surface area contributed by atoms with Crippen molar-refractivity contribution in [1.29, 1.82) is 10.5 Å².